The van der Waals surface area contributed by atoms with Crippen LogP contribution in [0.1, 0.15) is 81.6 Å². The third kappa shape index (κ3) is 16.3. The van der Waals surface area contributed by atoms with Crippen LogP contribution in [0.15, 0.2) is 73.1 Å². The van der Waals surface area contributed by atoms with Crippen LogP contribution in [0.25, 0.3) is 0 Å². The third-order valence-electron chi connectivity index (χ3n) is 9.81. The SMILES string of the molecule is CNC(NCC1(Nc2cccc(N[C@H](C)c3cccc(OCCCCCCOCCOCCOCCCC(=O)O)c3)c2)CCN(C)CC1)c1ccncc1. The number of hydrogen-bond acceptors (Lipinski definition) is 11. The average molecular weight is 749 g/mol. The number of ether oxygens (including phenoxy) is 4. The first-order valence-corrected chi connectivity index (χ1v) is 19.7. The topological polar surface area (TPSA) is 138 Å². The van der Waals surface area contributed by atoms with Crippen molar-refractivity contribution >= 4 is 17.3 Å². The van der Waals surface area contributed by atoms with E-state index in [1.54, 1.807) is 0 Å². The lowest BCUT2D eigenvalue weighted by Crippen LogP contribution is -2.55. The lowest BCUT2D eigenvalue weighted by Gasteiger charge is -2.43. The summed E-state index contributed by atoms with van der Waals surface area (Å²) < 4.78 is 22.6. The normalized spacial score (nSPS) is 15.4. The number of rotatable bonds is 28. The number of anilines is 2. The maximum absolute atomic E-state index is 10.5. The largest absolute Gasteiger partial charge is 0.494 e. The van der Waals surface area contributed by atoms with Crippen molar-refractivity contribution < 1.29 is 28.8 Å². The van der Waals surface area contributed by atoms with Crippen molar-refractivity contribution in [1.29, 1.82) is 0 Å². The number of aromatic nitrogens is 1. The number of nitrogens with one attached hydrogen (secondary N) is 4. The fourth-order valence-electron chi connectivity index (χ4n) is 6.55. The van der Waals surface area contributed by atoms with Gasteiger partial charge in [-0.2, -0.15) is 0 Å². The zero-order valence-corrected chi connectivity index (χ0v) is 32.7. The van der Waals surface area contributed by atoms with Crippen LogP contribution < -0.4 is 26.0 Å². The first kappa shape index (κ1) is 43.0. The number of unbranched alkanes of at least 4 members (excludes halogenated alkanes) is 3. The van der Waals surface area contributed by atoms with Gasteiger partial charge in [0.1, 0.15) is 5.75 Å². The number of benzene rings is 2. The van der Waals surface area contributed by atoms with Crippen molar-refractivity contribution in [1.82, 2.24) is 20.5 Å². The van der Waals surface area contributed by atoms with Gasteiger partial charge in [-0.25, -0.2) is 0 Å². The molecule has 1 aliphatic rings. The van der Waals surface area contributed by atoms with Crippen LogP contribution in [-0.4, -0.2) is 106 Å². The fourth-order valence-corrected chi connectivity index (χ4v) is 6.55. The predicted molar refractivity (Wildman–Crippen MR) is 215 cm³/mol. The molecule has 1 saturated heterocycles. The molecule has 1 unspecified atom stereocenters. The Labute approximate surface area is 322 Å². The van der Waals surface area contributed by atoms with Gasteiger partial charge in [0.05, 0.1) is 44.7 Å². The van der Waals surface area contributed by atoms with Crippen LogP contribution in [0.5, 0.6) is 5.75 Å². The Morgan fingerprint density at radius 1 is 0.815 bits per heavy atom. The van der Waals surface area contributed by atoms with E-state index in [-0.39, 0.29) is 24.2 Å². The molecule has 5 N–H and O–H groups in total. The van der Waals surface area contributed by atoms with E-state index in [1.165, 1.54) is 11.1 Å². The van der Waals surface area contributed by atoms with Crippen LogP contribution in [0, 0.1) is 0 Å². The molecule has 12 heteroatoms. The molecule has 1 aromatic heterocycles. The molecule has 0 radical (unpaired) electrons. The second kappa shape index (κ2) is 24.6. The number of hydrogen-bond donors (Lipinski definition) is 5. The maximum atomic E-state index is 10.5. The molecule has 0 bridgehead atoms. The summed E-state index contributed by atoms with van der Waals surface area (Å²) in [4.78, 5) is 17.1. The highest BCUT2D eigenvalue weighted by molar-refractivity contribution is 5.66. The molecule has 54 heavy (non-hydrogen) atoms. The lowest BCUT2D eigenvalue weighted by atomic mass is 9.86. The van der Waals surface area contributed by atoms with E-state index in [4.69, 9.17) is 24.1 Å². The molecule has 298 valence electrons. The number of carboxylic acids is 1. The van der Waals surface area contributed by atoms with Crippen LogP contribution in [0.4, 0.5) is 11.4 Å². The Morgan fingerprint density at radius 2 is 1.46 bits per heavy atom. The van der Waals surface area contributed by atoms with Crippen molar-refractivity contribution in [3.8, 4) is 5.75 Å². The number of pyridine rings is 1. The van der Waals surface area contributed by atoms with Gasteiger partial charge < -0.3 is 44.9 Å². The summed E-state index contributed by atoms with van der Waals surface area (Å²) >= 11 is 0. The quantitative estimate of drug-likeness (QED) is 0.0410. The zero-order valence-electron chi connectivity index (χ0n) is 32.7. The molecule has 2 heterocycles. The van der Waals surface area contributed by atoms with E-state index in [9.17, 15) is 4.79 Å². The Bertz CT molecular complexity index is 1460. The van der Waals surface area contributed by atoms with Crippen molar-refractivity contribution in [2.24, 2.45) is 0 Å². The molecule has 4 rings (SSSR count). The highest BCUT2D eigenvalue weighted by Gasteiger charge is 2.34. The highest BCUT2D eigenvalue weighted by atomic mass is 16.5. The average Bonchev–Trinajstić information content (AvgIpc) is 3.18. The van der Waals surface area contributed by atoms with Gasteiger partial charge in [-0.05, 0) is 113 Å². The zero-order chi connectivity index (χ0) is 38.3. The summed E-state index contributed by atoms with van der Waals surface area (Å²) in [6, 6.07) is 21.3. The van der Waals surface area contributed by atoms with E-state index in [0.717, 1.165) is 81.9 Å². The van der Waals surface area contributed by atoms with Gasteiger partial charge in [0.15, 0.2) is 0 Å². The molecule has 3 aromatic rings. The van der Waals surface area contributed by atoms with E-state index >= 15 is 0 Å². The van der Waals surface area contributed by atoms with Gasteiger partial charge in [0, 0.05) is 69.1 Å². The van der Waals surface area contributed by atoms with Crippen molar-refractivity contribution in [2.45, 2.75) is 76.0 Å². The molecule has 1 aliphatic heterocycles. The molecule has 12 nitrogen and oxygen atoms in total. The number of aliphatic carboxylic acids is 1. The summed E-state index contributed by atoms with van der Waals surface area (Å²) in [5, 5.41) is 23.5. The first-order chi connectivity index (χ1) is 26.4. The minimum Gasteiger partial charge on any atom is -0.494 e. The highest BCUT2D eigenvalue weighted by Crippen LogP contribution is 2.30. The van der Waals surface area contributed by atoms with Crippen LogP contribution in [0.2, 0.25) is 0 Å². The third-order valence-corrected chi connectivity index (χ3v) is 9.81. The van der Waals surface area contributed by atoms with Crippen LogP contribution in [0.3, 0.4) is 0 Å². The standard InChI is InChI=1S/C42H64N6O6/c1-34(36-11-8-14-39(31-36)54-26-7-5-4-6-24-51-27-29-53-30-28-52-25-10-15-40(49)50)46-37-12-9-13-38(32-37)47-42(18-22-48(3)23-19-42)33-45-41(43-2)35-16-20-44-21-17-35/h8-9,11-14,16-17,20-21,31-32,34,41,43,45-47H,4-7,10,15,18-19,22-30,33H2,1-3H3,(H,49,50)/t34-,41?/m1/s1. The summed E-state index contributed by atoms with van der Waals surface area (Å²) in [6.45, 7) is 9.04. The second-order valence-corrected chi connectivity index (χ2v) is 14.2. The van der Waals surface area contributed by atoms with Crippen LogP contribution in [-0.2, 0) is 19.0 Å². The van der Waals surface area contributed by atoms with E-state index < -0.39 is 5.97 Å². The molecular formula is C42H64N6O6. The van der Waals surface area contributed by atoms with Gasteiger partial charge in [-0.3, -0.25) is 15.1 Å². The second-order valence-electron chi connectivity index (χ2n) is 14.2. The number of piperidine rings is 1. The monoisotopic (exact) mass is 748 g/mol. The smallest absolute Gasteiger partial charge is 0.303 e. The van der Waals surface area contributed by atoms with Gasteiger partial charge in [0.25, 0.3) is 0 Å². The molecular weight excluding hydrogens is 684 g/mol. The van der Waals surface area contributed by atoms with E-state index in [1.807, 2.05) is 25.5 Å². The summed E-state index contributed by atoms with van der Waals surface area (Å²) in [6.07, 6.45) is 10.7. The Balaban J connectivity index is 1.13. The summed E-state index contributed by atoms with van der Waals surface area (Å²) in [5.41, 5.74) is 4.48. The lowest BCUT2D eigenvalue weighted by molar-refractivity contribution is -0.137. The number of carbonyl (C=O) groups is 1. The van der Waals surface area contributed by atoms with Crippen LogP contribution >= 0.6 is 0 Å². The van der Waals surface area contributed by atoms with E-state index in [0.29, 0.717) is 46.1 Å². The van der Waals surface area contributed by atoms with Gasteiger partial charge in [-0.1, -0.05) is 24.6 Å². The number of nitrogens with zero attached hydrogens (tertiary/aromatic N) is 2. The minimum absolute atomic E-state index is 0.0480. The van der Waals surface area contributed by atoms with Gasteiger partial charge in [0.2, 0.25) is 0 Å². The van der Waals surface area contributed by atoms with Crippen molar-refractivity contribution in [3.05, 3.63) is 84.2 Å². The summed E-state index contributed by atoms with van der Waals surface area (Å²) in [7, 11) is 4.19. The van der Waals surface area contributed by atoms with E-state index in [2.05, 4.69) is 99.7 Å². The van der Waals surface area contributed by atoms with Crippen molar-refractivity contribution in [2.75, 3.05) is 90.6 Å². The molecule has 0 amide bonds. The molecule has 2 atom stereocenters. The minimum atomic E-state index is -0.796. The van der Waals surface area contributed by atoms with Crippen molar-refractivity contribution in [3.63, 3.8) is 0 Å². The fraction of sp³-hybridized carbons (Fsp3) is 0.571. The van der Waals surface area contributed by atoms with Gasteiger partial charge >= 0.3 is 5.97 Å². The Morgan fingerprint density at radius 3 is 2.17 bits per heavy atom. The molecule has 0 spiro atoms. The summed E-state index contributed by atoms with van der Waals surface area (Å²) in [5.74, 6) is 0.101. The molecule has 1 fully saturated rings. The predicted octanol–water partition coefficient (Wildman–Crippen LogP) is 6.49. The number of likely N-dealkylation sites (tertiary alicyclic amines) is 1. The molecule has 0 aliphatic carbocycles. The number of carboxylic acid groups (broad SMARTS) is 1. The van der Waals surface area contributed by atoms with Gasteiger partial charge in [-0.15, -0.1) is 0 Å². The maximum Gasteiger partial charge on any atom is 0.303 e. The Kier molecular flexibility index (Phi) is 19.6. The first-order valence-electron chi connectivity index (χ1n) is 19.7. The molecule has 0 saturated carbocycles. The molecule has 2 aromatic carbocycles. The Hall–Kier alpha value is -3.78.